The molecule has 1 heterocycles. The summed E-state index contributed by atoms with van der Waals surface area (Å²) < 4.78 is 5.10. The van der Waals surface area contributed by atoms with Crippen LogP contribution < -0.4 is 5.73 Å². The maximum atomic E-state index is 11.7. The summed E-state index contributed by atoms with van der Waals surface area (Å²) in [6.07, 6.45) is 1.65. The van der Waals surface area contributed by atoms with Crippen molar-refractivity contribution < 1.29 is 9.53 Å². The van der Waals surface area contributed by atoms with Crippen LogP contribution in [0.3, 0.4) is 0 Å². The number of halogens is 1. The summed E-state index contributed by atoms with van der Waals surface area (Å²) in [5.74, 6) is -0.488. The molecule has 0 fully saturated rings. The first-order valence-electron chi connectivity index (χ1n) is 4.77. The molecular weight excluding hydrogens is 260 g/mol. The Labute approximate surface area is 107 Å². The largest absolute Gasteiger partial charge is 0.456 e. The Morgan fingerprint density at radius 3 is 3.06 bits per heavy atom. The van der Waals surface area contributed by atoms with Gasteiger partial charge in [-0.25, -0.2) is 4.79 Å². The zero-order chi connectivity index (χ0) is 12.3. The number of nitrogens with two attached hydrogens (primary N) is 1. The second-order valence-electron chi connectivity index (χ2n) is 3.24. The Balaban J connectivity index is 2.07. The first-order chi connectivity index (χ1) is 8.18. The predicted octanol–water partition coefficient (Wildman–Crippen LogP) is 2.74. The van der Waals surface area contributed by atoms with Crippen LogP contribution in [-0.2, 0) is 11.3 Å². The molecule has 88 valence electrons. The SMILES string of the molecule is Nc1c(Cl)cccc1C(=O)OCc1cncs1. The number of benzene rings is 1. The smallest absolute Gasteiger partial charge is 0.340 e. The van der Waals surface area contributed by atoms with Crippen molar-refractivity contribution in [3.05, 3.63) is 45.4 Å². The molecule has 17 heavy (non-hydrogen) atoms. The average molecular weight is 269 g/mol. The minimum absolute atomic E-state index is 0.190. The quantitative estimate of drug-likeness (QED) is 0.687. The van der Waals surface area contributed by atoms with Crippen LogP contribution in [0, 0.1) is 0 Å². The average Bonchev–Trinajstić information content (AvgIpc) is 2.82. The van der Waals surface area contributed by atoms with Crippen molar-refractivity contribution in [2.45, 2.75) is 6.61 Å². The van der Waals surface area contributed by atoms with E-state index < -0.39 is 5.97 Å². The molecule has 2 aromatic rings. The predicted molar refractivity (Wildman–Crippen MR) is 67.1 cm³/mol. The number of carbonyl (C=O) groups is 1. The lowest BCUT2D eigenvalue weighted by Crippen LogP contribution is -2.08. The number of hydrogen-bond acceptors (Lipinski definition) is 5. The summed E-state index contributed by atoms with van der Waals surface area (Å²) in [7, 11) is 0. The van der Waals surface area contributed by atoms with Crippen LogP contribution in [0.1, 0.15) is 15.2 Å². The Hall–Kier alpha value is -1.59. The van der Waals surface area contributed by atoms with E-state index in [0.29, 0.717) is 5.02 Å². The number of hydrogen-bond donors (Lipinski definition) is 1. The molecule has 1 aromatic carbocycles. The van der Waals surface area contributed by atoms with E-state index in [1.54, 1.807) is 29.9 Å². The summed E-state index contributed by atoms with van der Waals surface area (Å²) >= 11 is 7.24. The molecule has 1 aromatic heterocycles. The van der Waals surface area contributed by atoms with Gasteiger partial charge in [0.2, 0.25) is 0 Å². The van der Waals surface area contributed by atoms with Crippen LogP contribution in [-0.4, -0.2) is 11.0 Å². The zero-order valence-corrected chi connectivity index (χ0v) is 10.3. The van der Waals surface area contributed by atoms with Crippen LogP contribution in [0.5, 0.6) is 0 Å². The molecule has 6 heteroatoms. The van der Waals surface area contributed by atoms with E-state index in [0.717, 1.165) is 4.88 Å². The van der Waals surface area contributed by atoms with Gasteiger partial charge in [-0.15, -0.1) is 11.3 Å². The monoisotopic (exact) mass is 268 g/mol. The lowest BCUT2D eigenvalue weighted by atomic mass is 10.2. The molecule has 0 atom stereocenters. The van der Waals surface area contributed by atoms with Gasteiger partial charge in [0.15, 0.2) is 0 Å². The molecule has 2 rings (SSSR count). The normalized spacial score (nSPS) is 10.2. The third-order valence-corrected chi connectivity index (χ3v) is 3.18. The Morgan fingerprint density at radius 2 is 2.35 bits per heavy atom. The molecule has 2 N–H and O–H groups in total. The fourth-order valence-corrected chi connectivity index (χ4v) is 1.92. The standard InChI is InChI=1S/C11H9ClN2O2S/c12-9-3-1-2-8(10(9)13)11(15)16-5-7-4-14-6-17-7/h1-4,6H,5,13H2. The number of nitrogens with zero attached hydrogens (tertiary/aromatic N) is 1. The summed E-state index contributed by atoms with van der Waals surface area (Å²) in [5.41, 5.74) is 7.89. The van der Waals surface area contributed by atoms with Crippen LogP contribution in [0.4, 0.5) is 5.69 Å². The number of anilines is 1. The minimum Gasteiger partial charge on any atom is -0.456 e. The first kappa shape index (κ1) is 11.9. The number of carbonyl (C=O) groups excluding carboxylic acids is 1. The molecule has 0 aliphatic carbocycles. The van der Waals surface area contributed by atoms with Gasteiger partial charge in [-0.3, -0.25) is 4.98 Å². The molecule has 0 aliphatic heterocycles. The number of esters is 1. The van der Waals surface area contributed by atoms with Crippen LogP contribution >= 0.6 is 22.9 Å². The van der Waals surface area contributed by atoms with Gasteiger partial charge >= 0.3 is 5.97 Å². The van der Waals surface area contributed by atoms with E-state index in [1.807, 2.05) is 0 Å². The number of ether oxygens (including phenoxy) is 1. The fraction of sp³-hybridized carbons (Fsp3) is 0.0909. The summed E-state index contributed by atoms with van der Waals surface area (Å²) in [5, 5.41) is 0.345. The maximum Gasteiger partial charge on any atom is 0.340 e. The second kappa shape index (κ2) is 5.16. The maximum absolute atomic E-state index is 11.7. The number of aromatic nitrogens is 1. The molecule has 0 aliphatic rings. The van der Waals surface area contributed by atoms with E-state index in [1.165, 1.54) is 11.3 Å². The Bertz CT molecular complexity index is 528. The third-order valence-electron chi connectivity index (χ3n) is 2.10. The second-order valence-corrected chi connectivity index (χ2v) is 4.62. The van der Waals surface area contributed by atoms with Gasteiger partial charge in [0.1, 0.15) is 6.61 Å². The Morgan fingerprint density at radius 1 is 1.53 bits per heavy atom. The number of para-hydroxylation sites is 1. The summed E-state index contributed by atoms with van der Waals surface area (Å²) in [4.78, 5) is 16.5. The van der Waals surface area contributed by atoms with E-state index in [9.17, 15) is 4.79 Å². The van der Waals surface area contributed by atoms with E-state index in [2.05, 4.69) is 4.98 Å². The summed E-state index contributed by atoms with van der Waals surface area (Å²) in [6, 6.07) is 4.86. The van der Waals surface area contributed by atoms with Crippen LogP contribution in [0.2, 0.25) is 5.02 Å². The molecule has 0 radical (unpaired) electrons. The molecule has 0 spiro atoms. The number of rotatable bonds is 3. The van der Waals surface area contributed by atoms with E-state index in [4.69, 9.17) is 22.1 Å². The zero-order valence-electron chi connectivity index (χ0n) is 8.72. The van der Waals surface area contributed by atoms with Crippen molar-refractivity contribution >= 4 is 34.6 Å². The van der Waals surface area contributed by atoms with Crippen molar-refractivity contribution in [3.63, 3.8) is 0 Å². The molecule has 0 unspecified atom stereocenters. The highest BCUT2D eigenvalue weighted by Gasteiger charge is 2.13. The highest BCUT2D eigenvalue weighted by atomic mass is 35.5. The molecule has 0 saturated heterocycles. The lowest BCUT2D eigenvalue weighted by Gasteiger charge is -2.06. The highest BCUT2D eigenvalue weighted by Crippen LogP contribution is 2.23. The van der Waals surface area contributed by atoms with Crippen LogP contribution in [0.15, 0.2) is 29.9 Å². The topological polar surface area (TPSA) is 65.2 Å². The fourth-order valence-electron chi connectivity index (χ4n) is 1.24. The van der Waals surface area contributed by atoms with Crippen molar-refractivity contribution in [2.24, 2.45) is 0 Å². The Kier molecular flexibility index (Phi) is 3.61. The lowest BCUT2D eigenvalue weighted by molar-refractivity contribution is 0.0478. The minimum atomic E-state index is -0.488. The molecule has 0 amide bonds. The van der Waals surface area contributed by atoms with Gasteiger partial charge in [-0.2, -0.15) is 0 Å². The van der Waals surface area contributed by atoms with Gasteiger partial charge in [0.05, 0.1) is 26.7 Å². The van der Waals surface area contributed by atoms with Gasteiger partial charge in [-0.05, 0) is 12.1 Å². The van der Waals surface area contributed by atoms with E-state index in [-0.39, 0.29) is 17.9 Å². The van der Waals surface area contributed by atoms with Gasteiger partial charge < -0.3 is 10.5 Å². The molecular formula is C11H9ClN2O2S. The third kappa shape index (κ3) is 2.75. The van der Waals surface area contributed by atoms with Gasteiger partial charge in [0.25, 0.3) is 0 Å². The van der Waals surface area contributed by atoms with Crippen molar-refractivity contribution in [1.82, 2.24) is 4.98 Å². The highest BCUT2D eigenvalue weighted by molar-refractivity contribution is 7.09. The van der Waals surface area contributed by atoms with E-state index >= 15 is 0 Å². The molecule has 0 saturated carbocycles. The molecule has 0 bridgehead atoms. The van der Waals surface area contributed by atoms with Gasteiger partial charge in [-0.1, -0.05) is 17.7 Å². The number of nitrogen functional groups attached to an aromatic ring is 1. The number of thiazole rings is 1. The van der Waals surface area contributed by atoms with Crippen molar-refractivity contribution in [2.75, 3.05) is 5.73 Å². The first-order valence-corrected chi connectivity index (χ1v) is 6.02. The van der Waals surface area contributed by atoms with Crippen molar-refractivity contribution in [1.29, 1.82) is 0 Å². The summed E-state index contributed by atoms with van der Waals surface area (Å²) in [6.45, 7) is 0.190. The van der Waals surface area contributed by atoms with Gasteiger partial charge in [0, 0.05) is 6.20 Å². The van der Waals surface area contributed by atoms with Crippen molar-refractivity contribution in [3.8, 4) is 0 Å². The molecule has 4 nitrogen and oxygen atoms in total. The van der Waals surface area contributed by atoms with Crippen LogP contribution in [0.25, 0.3) is 0 Å².